The highest BCUT2D eigenvalue weighted by molar-refractivity contribution is 7.80. The molecule has 0 saturated heterocycles. The summed E-state index contributed by atoms with van der Waals surface area (Å²) in [5.41, 5.74) is 4.23. The Morgan fingerprint density at radius 3 is 2.20 bits per heavy atom. The van der Waals surface area contributed by atoms with E-state index in [0.29, 0.717) is 6.42 Å². The quantitative estimate of drug-likeness (QED) is 0.563. The van der Waals surface area contributed by atoms with Gasteiger partial charge >= 0.3 is 5.97 Å². The third-order valence-electron chi connectivity index (χ3n) is 1.34. The maximum absolute atomic E-state index is 10.3. The number of carboxylic acid groups (broad SMARTS) is 1. The van der Waals surface area contributed by atoms with E-state index in [2.05, 4.69) is 12.6 Å². The molecule has 0 radical (unpaired) electrons. The fourth-order valence-corrected chi connectivity index (χ4v) is 0.690. The number of thiol groups is 1. The van der Waals surface area contributed by atoms with Gasteiger partial charge in [0.25, 0.3) is 0 Å². The second kappa shape index (κ2) is 4.82. The van der Waals surface area contributed by atoms with Gasteiger partial charge in [0.2, 0.25) is 0 Å². The monoisotopic (exact) mass is 185 g/mol. The third-order valence-corrected chi connectivity index (χ3v) is 1.90. The van der Waals surface area contributed by atoms with Gasteiger partial charge in [-0.15, -0.1) is 12.4 Å². The van der Waals surface area contributed by atoms with Crippen molar-refractivity contribution in [1.82, 2.24) is 0 Å². The van der Waals surface area contributed by atoms with E-state index < -0.39 is 11.5 Å². The topological polar surface area (TPSA) is 63.3 Å². The van der Waals surface area contributed by atoms with Crippen molar-refractivity contribution in [3.63, 3.8) is 0 Å². The lowest BCUT2D eigenvalue weighted by molar-refractivity contribution is -0.142. The van der Waals surface area contributed by atoms with Crippen LogP contribution >= 0.6 is 25.0 Å². The maximum Gasteiger partial charge on any atom is 0.324 e. The van der Waals surface area contributed by atoms with Crippen LogP contribution in [0.5, 0.6) is 0 Å². The molecule has 0 rings (SSSR count). The van der Waals surface area contributed by atoms with Gasteiger partial charge in [-0.05, 0) is 6.42 Å². The van der Waals surface area contributed by atoms with Crippen molar-refractivity contribution in [1.29, 1.82) is 0 Å². The van der Waals surface area contributed by atoms with Gasteiger partial charge in [0.05, 0.1) is 0 Å². The molecule has 3 N–H and O–H groups in total. The largest absolute Gasteiger partial charge is 0.480 e. The molecule has 0 bridgehead atoms. The van der Waals surface area contributed by atoms with Gasteiger partial charge in [-0.3, -0.25) is 4.79 Å². The van der Waals surface area contributed by atoms with Crippen molar-refractivity contribution < 1.29 is 9.90 Å². The Morgan fingerprint density at radius 2 is 2.20 bits per heavy atom. The summed E-state index contributed by atoms with van der Waals surface area (Å²) in [5, 5.41) is 8.46. The van der Waals surface area contributed by atoms with Gasteiger partial charge in [-0.2, -0.15) is 12.6 Å². The van der Waals surface area contributed by atoms with Crippen LogP contribution in [-0.4, -0.2) is 22.4 Å². The van der Waals surface area contributed by atoms with Crippen LogP contribution in [0, 0.1) is 0 Å². The predicted molar refractivity (Wildman–Crippen MR) is 45.9 cm³/mol. The van der Waals surface area contributed by atoms with E-state index in [9.17, 15) is 4.79 Å². The molecule has 0 aromatic rings. The average Bonchev–Trinajstić information content (AvgIpc) is 1.86. The van der Waals surface area contributed by atoms with Crippen LogP contribution in [0.3, 0.4) is 0 Å². The molecule has 0 aromatic heterocycles. The zero-order valence-corrected chi connectivity index (χ0v) is 7.41. The Bertz CT molecular complexity index is 116. The highest BCUT2D eigenvalue weighted by atomic mass is 35.5. The summed E-state index contributed by atoms with van der Waals surface area (Å²) < 4.78 is 0. The van der Waals surface area contributed by atoms with E-state index >= 15 is 0 Å². The van der Waals surface area contributed by atoms with Crippen LogP contribution in [0.4, 0.5) is 0 Å². The number of hydrogen-bond donors (Lipinski definition) is 3. The molecule has 0 aromatic carbocycles. The smallest absolute Gasteiger partial charge is 0.324 e. The summed E-state index contributed by atoms with van der Waals surface area (Å²) in [7, 11) is 0. The summed E-state index contributed by atoms with van der Waals surface area (Å²) in [4.78, 5) is 10.3. The van der Waals surface area contributed by atoms with Gasteiger partial charge < -0.3 is 10.8 Å². The van der Waals surface area contributed by atoms with Gasteiger partial charge in [0.1, 0.15) is 5.54 Å². The molecular weight excluding hydrogens is 174 g/mol. The highest BCUT2D eigenvalue weighted by Crippen LogP contribution is 2.07. The standard InChI is InChI=1S/C5H11NO2S.ClH/c1-2-5(6,3-9)4(7)8;/h9H,2-3,6H2,1H3,(H,7,8);1H. The molecule has 1 atom stereocenters. The summed E-state index contributed by atoms with van der Waals surface area (Å²) in [6.07, 6.45) is 0.409. The van der Waals surface area contributed by atoms with Crippen molar-refractivity contribution in [3.05, 3.63) is 0 Å². The Hall–Kier alpha value is 0.0700. The van der Waals surface area contributed by atoms with Gasteiger partial charge in [-0.1, -0.05) is 6.92 Å². The van der Waals surface area contributed by atoms with E-state index in [4.69, 9.17) is 10.8 Å². The molecule has 0 saturated carbocycles. The molecule has 0 spiro atoms. The molecule has 0 aliphatic carbocycles. The first kappa shape index (κ1) is 12.7. The first-order chi connectivity index (χ1) is 4.06. The molecule has 3 nitrogen and oxygen atoms in total. The number of aliphatic carboxylic acids is 1. The zero-order valence-electron chi connectivity index (χ0n) is 5.70. The Balaban J connectivity index is 0. The summed E-state index contributed by atoms with van der Waals surface area (Å²) in [5.74, 6) is -0.807. The third kappa shape index (κ3) is 2.77. The molecule has 0 aliphatic heterocycles. The molecule has 62 valence electrons. The number of nitrogens with two attached hydrogens (primary N) is 1. The van der Waals surface area contributed by atoms with Gasteiger partial charge in [0.15, 0.2) is 0 Å². The van der Waals surface area contributed by atoms with Crippen LogP contribution in [0.25, 0.3) is 0 Å². The lowest BCUT2D eigenvalue weighted by atomic mass is 10.0. The second-order valence-corrected chi connectivity index (χ2v) is 2.29. The van der Waals surface area contributed by atoms with Crippen molar-refractivity contribution in [2.45, 2.75) is 18.9 Å². The minimum Gasteiger partial charge on any atom is -0.480 e. The van der Waals surface area contributed by atoms with Crippen LogP contribution in [0.2, 0.25) is 0 Å². The second-order valence-electron chi connectivity index (χ2n) is 1.97. The van der Waals surface area contributed by atoms with E-state index in [0.717, 1.165) is 0 Å². The number of carbonyl (C=O) groups is 1. The van der Waals surface area contributed by atoms with Gasteiger partial charge in [0, 0.05) is 5.75 Å². The van der Waals surface area contributed by atoms with Crippen molar-refractivity contribution in [2.24, 2.45) is 5.73 Å². The lowest BCUT2D eigenvalue weighted by Crippen LogP contribution is -2.49. The fraction of sp³-hybridized carbons (Fsp3) is 0.800. The Kier molecular flexibility index (Phi) is 6.13. The summed E-state index contributed by atoms with van der Waals surface area (Å²) in [6.45, 7) is 1.73. The zero-order chi connectivity index (χ0) is 7.49. The Morgan fingerprint density at radius 1 is 1.80 bits per heavy atom. The minimum absolute atomic E-state index is 0. The fourth-order valence-electron chi connectivity index (χ4n) is 0.331. The van der Waals surface area contributed by atoms with E-state index in [1.165, 1.54) is 0 Å². The van der Waals surface area contributed by atoms with E-state index in [1.54, 1.807) is 6.92 Å². The van der Waals surface area contributed by atoms with Crippen LogP contribution < -0.4 is 5.73 Å². The van der Waals surface area contributed by atoms with Crippen molar-refractivity contribution in [3.8, 4) is 0 Å². The molecule has 5 heteroatoms. The van der Waals surface area contributed by atoms with E-state index in [-0.39, 0.29) is 18.2 Å². The van der Waals surface area contributed by atoms with Crippen LogP contribution in [-0.2, 0) is 4.79 Å². The number of hydrogen-bond acceptors (Lipinski definition) is 3. The average molecular weight is 186 g/mol. The first-order valence-corrected chi connectivity index (χ1v) is 3.33. The minimum atomic E-state index is -1.14. The Labute approximate surface area is 71.8 Å². The normalized spacial score (nSPS) is 15.1. The molecule has 0 aliphatic rings. The molecule has 0 amide bonds. The maximum atomic E-state index is 10.3. The van der Waals surface area contributed by atoms with Gasteiger partial charge in [-0.25, -0.2) is 0 Å². The predicted octanol–water partition coefficient (Wildman–Crippen LogP) is 0.530. The number of rotatable bonds is 3. The SMILES string of the molecule is CCC(N)(CS)C(=O)O.Cl. The highest BCUT2D eigenvalue weighted by Gasteiger charge is 2.29. The number of carboxylic acids is 1. The van der Waals surface area contributed by atoms with E-state index in [1.807, 2.05) is 0 Å². The molecule has 0 fully saturated rings. The van der Waals surface area contributed by atoms with Crippen LogP contribution in [0.15, 0.2) is 0 Å². The molecule has 0 heterocycles. The summed E-state index contributed by atoms with van der Waals surface area (Å²) in [6, 6.07) is 0. The van der Waals surface area contributed by atoms with Crippen LogP contribution in [0.1, 0.15) is 13.3 Å². The molecule has 10 heavy (non-hydrogen) atoms. The van der Waals surface area contributed by atoms with Crippen molar-refractivity contribution >= 4 is 31.0 Å². The molecule has 1 unspecified atom stereocenters. The van der Waals surface area contributed by atoms with Crippen molar-refractivity contribution in [2.75, 3.05) is 5.75 Å². The molecular formula is C5H12ClNO2S. The lowest BCUT2D eigenvalue weighted by Gasteiger charge is -2.19. The summed E-state index contributed by atoms with van der Waals surface area (Å²) >= 11 is 3.81. The first-order valence-electron chi connectivity index (χ1n) is 2.70. The number of halogens is 1.